The van der Waals surface area contributed by atoms with Gasteiger partial charge in [0.05, 0.1) is 23.9 Å². The molecule has 21 heavy (non-hydrogen) atoms. The molecule has 0 bridgehead atoms. The van der Waals surface area contributed by atoms with Gasteiger partial charge < -0.3 is 4.74 Å². The van der Waals surface area contributed by atoms with Gasteiger partial charge in [-0.1, -0.05) is 24.3 Å². The van der Waals surface area contributed by atoms with Crippen LogP contribution in [0.5, 0.6) is 0 Å². The number of methoxy groups -OCH3 is 1. The average Bonchev–Trinajstić information content (AvgIpc) is 2.53. The first kappa shape index (κ1) is 13.2. The fourth-order valence-corrected chi connectivity index (χ4v) is 2.20. The first-order valence-electron chi connectivity index (χ1n) is 6.42. The van der Waals surface area contributed by atoms with Crippen LogP contribution < -0.4 is 0 Å². The van der Waals surface area contributed by atoms with Gasteiger partial charge in [-0.05, 0) is 30.3 Å². The lowest BCUT2D eigenvalue weighted by atomic mass is 10.1. The minimum atomic E-state index is -0.573. The van der Waals surface area contributed by atoms with Crippen LogP contribution in [0.15, 0.2) is 54.6 Å². The molecule has 0 aliphatic heterocycles. The van der Waals surface area contributed by atoms with Crippen molar-refractivity contribution in [2.24, 2.45) is 0 Å². The lowest BCUT2D eigenvalue weighted by molar-refractivity contribution is 0.0600. The number of para-hydroxylation sites is 1. The van der Waals surface area contributed by atoms with Crippen LogP contribution in [0.1, 0.15) is 10.4 Å². The van der Waals surface area contributed by atoms with Gasteiger partial charge in [-0.2, -0.15) is 0 Å². The van der Waals surface area contributed by atoms with Crippen molar-refractivity contribution in [2.45, 2.75) is 0 Å². The van der Waals surface area contributed by atoms with Crippen LogP contribution in [-0.4, -0.2) is 18.1 Å². The maximum Gasteiger partial charge on any atom is 0.337 e. The van der Waals surface area contributed by atoms with Crippen LogP contribution in [-0.2, 0) is 4.74 Å². The maximum atomic E-state index is 13.7. The number of rotatable bonds is 2. The molecule has 1 heterocycles. The normalized spacial score (nSPS) is 10.6. The van der Waals surface area contributed by atoms with Gasteiger partial charge in [-0.15, -0.1) is 0 Å². The summed E-state index contributed by atoms with van der Waals surface area (Å²) in [5.41, 5.74) is 2.14. The second-order valence-corrected chi connectivity index (χ2v) is 4.61. The lowest BCUT2D eigenvalue weighted by Gasteiger charge is -2.06. The number of hydrogen-bond donors (Lipinski definition) is 0. The number of pyridine rings is 1. The van der Waals surface area contributed by atoms with E-state index in [0.717, 1.165) is 17.0 Å². The Morgan fingerprint density at radius 2 is 1.90 bits per heavy atom. The van der Waals surface area contributed by atoms with E-state index in [2.05, 4.69) is 9.72 Å². The predicted octanol–water partition coefficient (Wildman–Crippen LogP) is 3.83. The molecular weight excluding hydrogens is 269 g/mol. The summed E-state index contributed by atoms with van der Waals surface area (Å²) in [6.07, 6.45) is 0. The Bertz CT molecular complexity index is 830. The Labute approximate surface area is 121 Å². The topological polar surface area (TPSA) is 39.2 Å². The van der Waals surface area contributed by atoms with Gasteiger partial charge >= 0.3 is 5.97 Å². The Morgan fingerprint density at radius 1 is 1.10 bits per heavy atom. The summed E-state index contributed by atoms with van der Waals surface area (Å²) in [4.78, 5) is 16.0. The standard InChI is InChI=1S/C17H12FNO2/c1-21-17(20)13-8-12(9-14(18)10-13)16-7-6-11-4-2-3-5-15(11)19-16/h2-10H,1H3. The number of carbonyl (C=O) groups is 1. The van der Waals surface area contributed by atoms with E-state index >= 15 is 0 Å². The van der Waals surface area contributed by atoms with E-state index in [1.807, 2.05) is 30.3 Å². The molecule has 0 aliphatic carbocycles. The number of hydrogen-bond acceptors (Lipinski definition) is 3. The molecule has 104 valence electrons. The van der Waals surface area contributed by atoms with Crippen LogP contribution in [0.3, 0.4) is 0 Å². The highest BCUT2D eigenvalue weighted by molar-refractivity contribution is 5.91. The number of aromatic nitrogens is 1. The first-order valence-corrected chi connectivity index (χ1v) is 6.42. The summed E-state index contributed by atoms with van der Waals surface area (Å²) >= 11 is 0. The van der Waals surface area contributed by atoms with Crippen molar-refractivity contribution in [1.82, 2.24) is 4.98 Å². The Hall–Kier alpha value is -2.75. The zero-order valence-electron chi connectivity index (χ0n) is 11.3. The third-order valence-corrected chi connectivity index (χ3v) is 3.21. The Morgan fingerprint density at radius 3 is 2.71 bits per heavy atom. The van der Waals surface area contributed by atoms with Crippen LogP contribution in [0.4, 0.5) is 4.39 Å². The van der Waals surface area contributed by atoms with Gasteiger partial charge in [0, 0.05) is 10.9 Å². The van der Waals surface area contributed by atoms with Gasteiger partial charge in [-0.25, -0.2) is 14.2 Å². The molecule has 3 rings (SSSR count). The van der Waals surface area contributed by atoms with Crippen molar-refractivity contribution in [3.8, 4) is 11.3 Å². The summed E-state index contributed by atoms with van der Waals surface area (Å²) in [5.74, 6) is -1.07. The van der Waals surface area contributed by atoms with E-state index in [1.54, 1.807) is 12.1 Å². The lowest BCUT2D eigenvalue weighted by Crippen LogP contribution is -2.02. The van der Waals surface area contributed by atoms with Crippen molar-refractivity contribution < 1.29 is 13.9 Å². The minimum Gasteiger partial charge on any atom is -0.465 e. The molecular formula is C17H12FNO2. The maximum absolute atomic E-state index is 13.7. The van der Waals surface area contributed by atoms with Crippen molar-refractivity contribution >= 4 is 16.9 Å². The molecule has 0 radical (unpaired) electrons. The molecule has 0 fully saturated rings. The molecule has 0 unspecified atom stereocenters. The number of esters is 1. The fraction of sp³-hybridized carbons (Fsp3) is 0.0588. The molecule has 2 aromatic carbocycles. The molecule has 0 atom stereocenters. The summed E-state index contributed by atoms with van der Waals surface area (Å²) < 4.78 is 18.3. The quantitative estimate of drug-likeness (QED) is 0.670. The van der Waals surface area contributed by atoms with Gasteiger partial charge in [0.15, 0.2) is 0 Å². The second kappa shape index (κ2) is 5.32. The number of nitrogens with zero attached hydrogens (tertiary/aromatic N) is 1. The number of halogens is 1. The van der Waals surface area contributed by atoms with E-state index in [1.165, 1.54) is 13.2 Å². The molecule has 0 saturated heterocycles. The average molecular weight is 281 g/mol. The highest BCUT2D eigenvalue weighted by Crippen LogP contribution is 2.23. The molecule has 3 aromatic rings. The van der Waals surface area contributed by atoms with Crippen LogP contribution in [0.25, 0.3) is 22.2 Å². The zero-order chi connectivity index (χ0) is 14.8. The summed E-state index contributed by atoms with van der Waals surface area (Å²) in [7, 11) is 1.27. The largest absolute Gasteiger partial charge is 0.465 e. The number of ether oxygens (including phenoxy) is 1. The third kappa shape index (κ3) is 2.60. The van der Waals surface area contributed by atoms with E-state index in [0.29, 0.717) is 11.3 Å². The third-order valence-electron chi connectivity index (χ3n) is 3.21. The molecule has 0 amide bonds. The van der Waals surface area contributed by atoms with E-state index in [-0.39, 0.29) is 5.56 Å². The predicted molar refractivity (Wildman–Crippen MR) is 78.5 cm³/mol. The van der Waals surface area contributed by atoms with Crippen LogP contribution in [0, 0.1) is 5.82 Å². The monoisotopic (exact) mass is 281 g/mol. The number of fused-ring (bicyclic) bond motifs is 1. The summed E-state index contributed by atoms with van der Waals surface area (Å²) in [6, 6.07) is 15.5. The van der Waals surface area contributed by atoms with E-state index < -0.39 is 11.8 Å². The molecule has 0 spiro atoms. The van der Waals surface area contributed by atoms with Crippen molar-refractivity contribution in [1.29, 1.82) is 0 Å². The smallest absolute Gasteiger partial charge is 0.337 e. The Kier molecular flexibility index (Phi) is 3.36. The SMILES string of the molecule is COC(=O)c1cc(F)cc(-c2ccc3ccccc3n2)c1. The highest BCUT2D eigenvalue weighted by atomic mass is 19.1. The van der Waals surface area contributed by atoms with Crippen molar-refractivity contribution in [3.05, 3.63) is 66.0 Å². The van der Waals surface area contributed by atoms with Gasteiger partial charge in [0.1, 0.15) is 5.82 Å². The molecule has 1 aromatic heterocycles. The van der Waals surface area contributed by atoms with Crippen molar-refractivity contribution in [3.63, 3.8) is 0 Å². The van der Waals surface area contributed by atoms with Crippen LogP contribution in [0.2, 0.25) is 0 Å². The Balaban J connectivity index is 2.13. The number of carbonyl (C=O) groups excluding carboxylic acids is 1. The summed E-state index contributed by atoms with van der Waals surface area (Å²) in [6.45, 7) is 0. The second-order valence-electron chi connectivity index (χ2n) is 4.61. The van der Waals surface area contributed by atoms with Gasteiger partial charge in [-0.3, -0.25) is 0 Å². The fourth-order valence-electron chi connectivity index (χ4n) is 2.20. The van der Waals surface area contributed by atoms with Crippen molar-refractivity contribution in [2.75, 3.05) is 7.11 Å². The number of benzene rings is 2. The molecule has 4 heteroatoms. The zero-order valence-corrected chi connectivity index (χ0v) is 11.3. The van der Waals surface area contributed by atoms with Gasteiger partial charge in [0.25, 0.3) is 0 Å². The highest BCUT2D eigenvalue weighted by Gasteiger charge is 2.11. The summed E-state index contributed by atoms with van der Waals surface area (Å²) in [5, 5.41) is 1.01. The van der Waals surface area contributed by atoms with Crippen LogP contribution >= 0.6 is 0 Å². The van der Waals surface area contributed by atoms with E-state index in [4.69, 9.17) is 0 Å². The molecule has 0 N–H and O–H groups in total. The molecule has 0 saturated carbocycles. The van der Waals surface area contributed by atoms with E-state index in [9.17, 15) is 9.18 Å². The minimum absolute atomic E-state index is 0.169. The molecule has 3 nitrogen and oxygen atoms in total. The molecule has 0 aliphatic rings. The van der Waals surface area contributed by atoms with Gasteiger partial charge in [0.2, 0.25) is 0 Å². The first-order chi connectivity index (χ1) is 10.2.